The molecule has 1 saturated carbocycles. The summed E-state index contributed by atoms with van der Waals surface area (Å²) in [7, 11) is 0. The van der Waals surface area contributed by atoms with Crippen molar-refractivity contribution < 1.29 is 14.3 Å². The molecule has 0 unspecified atom stereocenters. The largest absolute Gasteiger partial charge is 0.395 e. The molecule has 1 aromatic carbocycles. The van der Waals surface area contributed by atoms with Crippen LogP contribution in [0.1, 0.15) is 19.3 Å². The molecular formula is C14H18FNO2S. The highest BCUT2D eigenvalue weighted by Crippen LogP contribution is 2.28. The van der Waals surface area contributed by atoms with E-state index < -0.39 is 0 Å². The Kier molecular flexibility index (Phi) is 5.22. The fourth-order valence-corrected chi connectivity index (χ4v) is 2.84. The third-order valence-electron chi connectivity index (χ3n) is 3.06. The zero-order chi connectivity index (χ0) is 13.7. The van der Waals surface area contributed by atoms with Crippen LogP contribution in [-0.2, 0) is 4.79 Å². The summed E-state index contributed by atoms with van der Waals surface area (Å²) >= 11 is 1.36. The van der Waals surface area contributed by atoms with Crippen LogP contribution in [0.5, 0.6) is 0 Å². The molecule has 1 fully saturated rings. The van der Waals surface area contributed by atoms with Gasteiger partial charge in [-0.25, -0.2) is 4.39 Å². The number of rotatable bonds is 7. The predicted molar refractivity (Wildman–Crippen MR) is 73.6 cm³/mol. The fourth-order valence-electron chi connectivity index (χ4n) is 1.96. The summed E-state index contributed by atoms with van der Waals surface area (Å²) in [5.74, 6) is 0.378. The Hall–Kier alpha value is -1.07. The Bertz CT molecular complexity index is 437. The molecule has 0 radical (unpaired) electrons. The highest BCUT2D eigenvalue weighted by atomic mass is 32.2. The Balaban J connectivity index is 1.78. The molecule has 0 aromatic heterocycles. The molecule has 0 heterocycles. The minimum absolute atomic E-state index is 0.00267. The van der Waals surface area contributed by atoms with Gasteiger partial charge in [0.2, 0.25) is 5.91 Å². The predicted octanol–water partition coefficient (Wildman–Crippen LogP) is 2.29. The van der Waals surface area contributed by atoms with Crippen LogP contribution >= 0.6 is 11.8 Å². The van der Waals surface area contributed by atoms with Crippen molar-refractivity contribution in [2.45, 2.75) is 30.2 Å². The Labute approximate surface area is 116 Å². The number of hydrogen-bond donors (Lipinski definition) is 1. The second kappa shape index (κ2) is 6.91. The number of thioether (sulfide) groups is 1. The number of aliphatic hydroxyl groups is 1. The summed E-state index contributed by atoms with van der Waals surface area (Å²) in [4.78, 5) is 14.3. The number of carbonyl (C=O) groups excluding carboxylic acids is 1. The van der Waals surface area contributed by atoms with Crippen molar-refractivity contribution in [1.29, 1.82) is 0 Å². The van der Waals surface area contributed by atoms with Gasteiger partial charge in [-0.15, -0.1) is 11.8 Å². The quantitative estimate of drug-likeness (QED) is 0.781. The maximum Gasteiger partial charge on any atom is 0.223 e. The van der Waals surface area contributed by atoms with E-state index in [4.69, 9.17) is 5.11 Å². The highest BCUT2D eigenvalue weighted by Gasteiger charge is 2.31. The Morgan fingerprint density at radius 1 is 1.42 bits per heavy atom. The van der Waals surface area contributed by atoms with Crippen LogP contribution in [0.25, 0.3) is 0 Å². The fraction of sp³-hybridized carbons (Fsp3) is 0.500. The molecule has 1 amide bonds. The summed E-state index contributed by atoms with van der Waals surface area (Å²) in [6, 6.07) is 6.90. The van der Waals surface area contributed by atoms with Crippen LogP contribution in [0, 0.1) is 5.82 Å². The lowest BCUT2D eigenvalue weighted by molar-refractivity contribution is -0.131. The minimum atomic E-state index is -0.241. The molecule has 1 aromatic rings. The first-order chi connectivity index (χ1) is 9.22. The maximum absolute atomic E-state index is 13.4. The van der Waals surface area contributed by atoms with E-state index in [1.807, 2.05) is 0 Å². The van der Waals surface area contributed by atoms with Crippen LogP contribution in [0.15, 0.2) is 29.2 Å². The van der Waals surface area contributed by atoms with Gasteiger partial charge >= 0.3 is 0 Å². The molecule has 0 spiro atoms. The zero-order valence-electron chi connectivity index (χ0n) is 10.7. The van der Waals surface area contributed by atoms with E-state index in [9.17, 15) is 9.18 Å². The lowest BCUT2D eigenvalue weighted by Crippen LogP contribution is -2.35. The van der Waals surface area contributed by atoms with Gasteiger partial charge in [-0.2, -0.15) is 0 Å². The van der Waals surface area contributed by atoms with Crippen molar-refractivity contribution in [2.24, 2.45) is 0 Å². The standard InChI is InChI=1S/C14H18FNO2S/c15-12-3-1-2-4-13(12)19-10-7-14(18)16(8-9-17)11-5-6-11/h1-4,11,17H,5-10H2. The third-order valence-corrected chi connectivity index (χ3v) is 4.11. The average molecular weight is 283 g/mol. The van der Waals surface area contributed by atoms with E-state index in [0.717, 1.165) is 12.8 Å². The molecule has 3 nitrogen and oxygen atoms in total. The summed E-state index contributed by atoms with van der Waals surface area (Å²) < 4.78 is 13.4. The van der Waals surface area contributed by atoms with E-state index in [1.54, 1.807) is 23.1 Å². The van der Waals surface area contributed by atoms with Crippen molar-refractivity contribution >= 4 is 17.7 Å². The summed E-state index contributed by atoms with van der Waals surface area (Å²) in [6.07, 6.45) is 2.45. The lowest BCUT2D eigenvalue weighted by atomic mass is 10.3. The normalized spacial score (nSPS) is 14.4. The molecule has 5 heteroatoms. The van der Waals surface area contributed by atoms with Crippen molar-refractivity contribution in [1.82, 2.24) is 4.90 Å². The van der Waals surface area contributed by atoms with Gasteiger partial charge in [0, 0.05) is 29.7 Å². The number of nitrogens with zero attached hydrogens (tertiary/aromatic N) is 1. The van der Waals surface area contributed by atoms with Gasteiger partial charge in [-0.1, -0.05) is 12.1 Å². The molecule has 104 valence electrons. The first-order valence-electron chi connectivity index (χ1n) is 6.50. The molecule has 1 aliphatic carbocycles. The van der Waals surface area contributed by atoms with Crippen LogP contribution in [0.4, 0.5) is 4.39 Å². The van der Waals surface area contributed by atoms with E-state index in [-0.39, 0.29) is 18.3 Å². The van der Waals surface area contributed by atoms with E-state index in [1.165, 1.54) is 17.8 Å². The van der Waals surface area contributed by atoms with Gasteiger partial charge in [0.05, 0.1) is 6.61 Å². The molecule has 0 aliphatic heterocycles. The zero-order valence-corrected chi connectivity index (χ0v) is 11.5. The first-order valence-corrected chi connectivity index (χ1v) is 7.48. The van der Waals surface area contributed by atoms with Crippen LogP contribution in [0.3, 0.4) is 0 Å². The second-order valence-electron chi connectivity index (χ2n) is 4.57. The average Bonchev–Trinajstić information content (AvgIpc) is 3.22. The lowest BCUT2D eigenvalue weighted by Gasteiger charge is -2.21. The Morgan fingerprint density at radius 2 is 2.16 bits per heavy atom. The van der Waals surface area contributed by atoms with Gasteiger partial charge in [0.15, 0.2) is 0 Å². The molecule has 0 atom stereocenters. The first kappa shape index (κ1) is 14.3. The second-order valence-corrected chi connectivity index (χ2v) is 5.71. The molecule has 1 aliphatic rings. The molecular weight excluding hydrogens is 265 g/mol. The number of amides is 1. The van der Waals surface area contributed by atoms with Crippen molar-refractivity contribution in [3.63, 3.8) is 0 Å². The summed E-state index contributed by atoms with van der Waals surface area (Å²) in [6.45, 7) is 0.413. The topological polar surface area (TPSA) is 40.5 Å². The van der Waals surface area contributed by atoms with Crippen LogP contribution < -0.4 is 0 Å². The SMILES string of the molecule is O=C(CCSc1ccccc1F)N(CCO)C1CC1. The summed E-state index contributed by atoms with van der Waals surface area (Å²) in [5, 5.41) is 8.95. The van der Waals surface area contributed by atoms with Crippen molar-refractivity contribution in [2.75, 3.05) is 18.9 Å². The van der Waals surface area contributed by atoms with Gasteiger partial charge in [-0.3, -0.25) is 4.79 Å². The number of aliphatic hydroxyl groups excluding tert-OH is 1. The van der Waals surface area contributed by atoms with Gasteiger partial charge in [0.1, 0.15) is 5.82 Å². The Morgan fingerprint density at radius 3 is 2.79 bits per heavy atom. The number of halogens is 1. The van der Waals surface area contributed by atoms with Crippen LogP contribution in [-0.4, -0.2) is 40.9 Å². The van der Waals surface area contributed by atoms with Crippen molar-refractivity contribution in [3.8, 4) is 0 Å². The highest BCUT2D eigenvalue weighted by molar-refractivity contribution is 7.99. The van der Waals surface area contributed by atoms with E-state index >= 15 is 0 Å². The molecule has 2 rings (SSSR count). The number of hydrogen-bond acceptors (Lipinski definition) is 3. The maximum atomic E-state index is 13.4. The third kappa shape index (κ3) is 4.21. The number of benzene rings is 1. The molecule has 19 heavy (non-hydrogen) atoms. The van der Waals surface area contributed by atoms with Gasteiger partial charge < -0.3 is 10.0 Å². The van der Waals surface area contributed by atoms with E-state index in [2.05, 4.69) is 0 Å². The van der Waals surface area contributed by atoms with Gasteiger partial charge in [0.25, 0.3) is 0 Å². The van der Waals surface area contributed by atoms with Gasteiger partial charge in [-0.05, 0) is 25.0 Å². The van der Waals surface area contributed by atoms with E-state index in [0.29, 0.717) is 29.7 Å². The van der Waals surface area contributed by atoms with Crippen LogP contribution in [0.2, 0.25) is 0 Å². The summed E-state index contributed by atoms with van der Waals surface area (Å²) in [5.41, 5.74) is 0. The molecule has 1 N–H and O–H groups in total. The number of carbonyl (C=O) groups is 1. The minimum Gasteiger partial charge on any atom is -0.395 e. The smallest absolute Gasteiger partial charge is 0.223 e. The molecule has 0 bridgehead atoms. The van der Waals surface area contributed by atoms with Crippen molar-refractivity contribution in [3.05, 3.63) is 30.1 Å². The molecule has 0 saturated heterocycles. The monoisotopic (exact) mass is 283 g/mol.